The number of rotatable bonds is 3. The Bertz CT molecular complexity index is 855. The first-order valence-corrected chi connectivity index (χ1v) is 7.84. The second kappa shape index (κ2) is 4.48. The lowest BCUT2D eigenvalue weighted by molar-refractivity contribution is -0.120. The molecule has 1 saturated heterocycles. The van der Waals surface area contributed by atoms with E-state index in [4.69, 9.17) is 4.42 Å². The molecule has 1 fully saturated rings. The molecule has 0 radical (unpaired) electrons. The molecule has 1 unspecified atom stereocenters. The normalized spacial score (nSPS) is 18.6. The quantitative estimate of drug-likeness (QED) is 0.721. The number of urea groups is 1. The van der Waals surface area contributed by atoms with E-state index in [2.05, 4.69) is 15.4 Å². The summed E-state index contributed by atoms with van der Waals surface area (Å²) in [4.78, 5) is 22.7. The second-order valence-corrected chi connectivity index (χ2v) is 6.42. The van der Waals surface area contributed by atoms with E-state index in [1.807, 2.05) is 0 Å². The van der Waals surface area contributed by atoms with E-state index in [1.54, 1.807) is 24.3 Å². The molecule has 8 nitrogen and oxygen atoms in total. The molecular formula is C12H11N3O5S. The van der Waals surface area contributed by atoms with Gasteiger partial charge in [0.25, 0.3) is 5.91 Å². The molecule has 2 aromatic rings. The Morgan fingerprint density at radius 2 is 2.00 bits per heavy atom. The molecule has 1 aromatic carbocycles. The van der Waals surface area contributed by atoms with Crippen LogP contribution >= 0.6 is 0 Å². The maximum absolute atomic E-state index is 11.6. The van der Waals surface area contributed by atoms with Crippen LogP contribution in [-0.2, 0) is 14.8 Å². The number of furan rings is 1. The number of benzene rings is 1. The summed E-state index contributed by atoms with van der Waals surface area (Å²) >= 11 is 0. The molecule has 0 saturated carbocycles. The number of nitrogens with one attached hydrogen (secondary N) is 3. The van der Waals surface area contributed by atoms with E-state index in [0.717, 1.165) is 6.26 Å². The van der Waals surface area contributed by atoms with Crippen LogP contribution < -0.4 is 15.4 Å². The third-order valence-electron chi connectivity index (χ3n) is 2.90. The largest absolute Gasteiger partial charge is 0.458 e. The molecule has 110 valence electrons. The molecule has 9 heteroatoms. The topological polar surface area (TPSA) is 118 Å². The van der Waals surface area contributed by atoms with E-state index in [-0.39, 0.29) is 5.76 Å². The number of hydrogen-bond acceptors (Lipinski definition) is 5. The van der Waals surface area contributed by atoms with Crippen molar-refractivity contribution < 1.29 is 22.4 Å². The lowest BCUT2D eigenvalue weighted by atomic mass is 10.2. The summed E-state index contributed by atoms with van der Waals surface area (Å²) in [5.41, 5.74) is 0.871. The molecule has 1 aliphatic heterocycles. The Kier molecular flexibility index (Phi) is 2.87. The number of imide groups is 1. The molecular weight excluding hydrogens is 298 g/mol. The van der Waals surface area contributed by atoms with Gasteiger partial charge in [-0.05, 0) is 24.3 Å². The van der Waals surface area contributed by atoms with Crippen molar-refractivity contribution in [3.05, 3.63) is 30.0 Å². The third kappa shape index (κ3) is 2.68. The van der Waals surface area contributed by atoms with Gasteiger partial charge < -0.3 is 9.73 Å². The van der Waals surface area contributed by atoms with Gasteiger partial charge in [-0.3, -0.25) is 14.8 Å². The molecule has 0 spiro atoms. The lowest BCUT2D eigenvalue weighted by Crippen LogP contribution is -2.22. The monoisotopic (exact) mass is 309 g/mol. The number of hydrogen-bond donors (Lipinski definition) is 3. The van der Waals surface area contributed by atoms with Crippen LogP contribution in [0.2, 0.25) is 0 Å². The van der Waals surface area contributed by atoms with Crippen LogP contribution in [0.5, 0.6) is 0 Å². The van der Waals surface area contributed by atoms with E-state index in [0.29, 0.717) is 16.7 Å². The average Bonchev–Trinajstić information content (AvgIpc) is 2.89. The van der Waals surface area contributed by atoms with E-state index in [1.165, 1.54) is 0 Å². The van der Waals surface area contributed by atoms with E-state index >= 15 is 0 Å². The van der Waals surface area contributed by atoms with Gasteiger partial charge in [-0.2, -0.15) is 0 Å². The Labute approximate surface area is 119 Å². The van der Waals surface area contributed by atoms with Gasteiger partial charge in [-0.15, -0.1) is 0 Å². The van der Waals surface area contributed by atoms with Crippen LogP contribution in [0.3, 0.4) is 0 Å². The highest BCUT2D eigenvalue weighted by atomic mass is 32.2. The molecule has 3 amide bonds. The molecule has 1 atom stereocenters. The van der Waals surface area contributed by atoms with Crippen molar-refractivity contribution in [1.29, 1.82) is 0 Å². The Balaban J connectivity index is 1.97. The number of sulfonamides is 1. The van der Waals surface area contributed by atoms with Crippen LogP contribution in [0.4, 0.5) is 10.5 Å². The molecule has 1 aliphatic rings. The zero-order chi connectivity index (χ0) is 15.2. The molecule has 1 aromatic heterocycles. The van der Waals surface area contributed by atoms with Gasteiger partial charge in [0, 0.05) is 11.1 Å². The number of carbonyl (C=O) groups excluding carboxylic acids is 2. The van der Waals surface area contributed by atoms with Crippen LogP contribution in [0.1, 0.15) is 11.8 Å². The molecule has 0 aliphatic carbocycles. The van der Waals surface area contributed by atoms with Gasteiger partial charge >= 0.3 is 6.03 Å². The van der Waals surface area contributed by atoms with Crippen molar-refractivity contribution in [3.8, 4) is 0 Å². The summed E-state index contributed by atoms with van der Waals surface area (Å²) in [6, 6.07) is 4.84. The highest BCUT2D eigenvalue weighted by molar-refractivity contribution is 7.92. The van der Waals surface area contributed by atoms with Gasteiger partial charge in [-0.25, -0.2) is 13.2 Å². The molecule has 21 heavy (non-hydrogen) atoms. The predicted molar refractivity (Wildman–Crippen MR) is 74.1 cm³/mol. The highest BCUT2D eigenvalue weighted by Gasteiger charge is 2.33. The Hall–Kier alpha value is -2.55. The molecule has 0 bridgehead atoms. The first-order chi connectivity index (χ1) is 9.82. The Morgan fingerprint density at radius 3 is 2.62 bits per heavy atom. The number of anilines is 1. The predicted octanol–water partition coefficient (Wildman–Crippen LogP) is 0.685. The smallest absolute Gasteiger partial charge is 0.322 e. The van der Waals surface area contributed by atoms with Crippen molar-refractivity contribution in [2.75, 3.05) is 11.0 Å². The third-order valence-corrected chi connectivity index (χ3v) is 3.50. The zero-order valence-electron chi connectivity index (χ0n) is 10.8. The van der Waals surface area contributed by atoms with Gasteiger partial charge in [0.2, 0.25) is 10.0 Å². The van der Waals surface area contributed by atoms with Crippen molar-refractivity contribution in [1.82, 2.24) is 10.6 Å². The molecule has 2 heterocycles. The fourth-order valence-electron chi connectivity index (χ4n) is 2.10. The maximum atomic E-state index is 11.6. The van der Waals surface area contributed by atoms with Gasteiger partial charge in [0.1, 0.15) is 11.3 Å². The van der Waals surface area contributed by atoms with Crippen molar-refractivity contribution in [3.63, 3.8) is 0 Å². The summed E-state index contributed by atoms with van der Waals surface area (Å²) < 4.78 is 30.2. The Morgan fingerprint density at radius 1 is 1.24 bits per heavy atom. The summed E-state index contributed by atoms with van der Waals surface area (Å²) in [5, 5.41) is 5.16. The number of carbonyl (C=O) groups is 2. The number of amides is 3. The van der Waals surface area contributed by atoms with Crippen molar-refractivity contribution in [2.24, 2.45) is 0 Å². The minimum atomic E-state index is -3.37. The van der Waals surface area contributed by atoms with Gasteiger partial charge in [0.15, 0.2) is 6.04 Å². The van der Waals surface area contributed by atoms with Gasteiger partial charge in [-0.1, -0.05) is 0 Å². The summed E-state index contributed by atoms with van der Waals surface area (Å²) in [6.45, 7) is 0. The first-order valence-electron chi connectivity index (χ1n) is 5.94. The van der Waals surface area contributed by atoms with E-state index in [9.17, 15) is 18.0 Å². The van der Waals surface area contributed by atoms with Crippen LogP contribution in [0, 0.1) is 0 Å². The van der Waals surface area contributed by atoms with Crippen molar-refractivity contribution >= 4 is 38.6 Å². The SMILES string of the molecule is CS(=O)(=O)Nc1ccc2oc(C3NC(=O)NC3=O)cc2c1. The van der Waals surface area contributed by atoms with E-state index < -0.39 is 28.0 Å². The first kappa shape index (κ1) is 13.4. The van der Waals surface area contributed by atoms with Crippen molar-refractivity contribution in [2.45, 2.75) is 6.04 Å². The minimum Gasteiger partial charge on any atom is -0.458 e. The zero-order valence-corrected chi connectivity index (χ0v) is 11.7. The minimum absolute atomic E-state index is 0.282. The van der Waals surface area contributed by atoms with Crippen LogP contribution in [0.15, 0.2) is 28.7 Å². The fraction of sp³-hybridized carbons (Fsp3) is 0.167. The maximum Gasteiger partial charge on any atom is 0.322 e. The average molecular weight is 309 g/mol. The standard InChI is InChI=1S/C12H11N3O5S/c1-21(18,19)15-7-2-3-8-6(4-7)5-9(20-8)10-11(16)14-12(17)13-10/h2-5,10,15H,1H3,(H2,13,14,16,17). The van der Waals surface area contributed by atoms with Gasteiger partial charge in [0.05, 0.1) is 6.26 Å². The lowest BCUT2D eigenvalue weighted by Gasteiger charge is -2.02. The fourth-order valence-corrected chi connectivity index (χ4v) is 2.66. The summed E-state index contributed by atoms with van der Waals surface area (Å²) in [7, 11) is -3.37. The second-order valence-electron chi connectivity index (χ2n) is 4.67. The van der Waals surface area contributed by atoms with Crippen LogP contribution in [0.25, 0.3) is 11.0 Å². The summed E-state index contributed by atoms with van der Waals surface area (Å²) in [5.74, 6) is -0.210. The molecule has 3 N–H and O–H groups in total. The molecule has 3 rings (SSSR count). The number of fused-ring (bicyclic) bond motifs is 1. The van der Waals surface area contributed by atoms with Crippen LogP contribution in [-0.4, -0.2) is 26.6 Å². The highest BCUT2D eigenvalue weighted by Crippen LogP contribution is 2.28. The summed E-state index contributed by atoms with van der Waals surface area (Å²) in [6.07, 6.45) is 1.05.